The number of rotatable bonds is 10. The molecule has 1 atom stereocenters. The molecular weight excluding hydrogens is 556 g/mol. The van der Waals surface area contributed by atoms with E-state index in [9.17, 15) is 9.59 Å². The number of hydrogen-bond acceptors (Lipinski definition) is 8. The monoisotopic (exact) mass is 600 g/mol. The first-order valence-corrected chi connectivity index (χ1v) is 15.5. The Labute approximate surface area is 259 Å². The van der Waals surface area contributed by atoms with Gasteiger partial charge in [0.05, 0.1) is 19.7 Å². The number of pyridine rings is 1. The highest BCUT2D eigenvalue weighted by Crippen LogP contribution is 2.48. The fourth-order valence-corrected chi connectivity index (χ4v) is 6.41. The number of nitrogens with one attached hydrogen (secondary N) is 2. The highest BCUT2D eigenvalue weighted by molar-refractivity contribution is 6.46. The van der Waals surface area contributed by atoms with Crippen LogP contribution in [0.25, 0.3) is 0 Å². The molecule has 0 saturated heterocycles. The first-order valence-electron chi connectivity index (χ1n) is 15.5. The van der Waals surface area contributed by atoms with Gasteiger partial charge in [0.1, 0.15) is 11.4 Å². The Kier molecular flexibility index (Phi) is 9.12. The molecule has 11 heteroatoms. The number of nitrogens with zero attached hydrogens (tertiary/aromatic N) is 6. The Morgan fingerprint density at radius 1 is 1.16 bits per heavy atom. The molecule has 3 heterocycles. The number of carbonyl (C=O) groups excluding carboxylic acids is 2. The number of aromatic amines is 1. The summed E-state index contributed by atoms with van der Waals surface area (Å²) in [5.74, 6) is 1.75. The van der Waals surface area contributed by atoms with E-state index in [1.54, 1.807) is 19.4 Å². The minimum absolute atomic E-state index is 0.0675. The Bertz CT molecular complexity index is 1470. The van der Waals surface area contributed by atoms with Crippen LogP contribution in [-0.2, 0) is 11.3 Å². The van der Waals surface area contributed by atoms with E-state index in [2.05, 4.69) is 70.4 Å². The number of tetrazole rings is 1. The van der Waals surface area contributed by atoms with Gasteiger partial charge in [-0.05, 0) is 79.5 Å². The molecule has 1 aliphatic carbocycles. The van der Waals surface area contributed by atoms with Crippen LogP contribution in [0.15, 0.2) is 47.6 Å². The van der Waals surface area contributed by atoms with Gasteiger partial charge in [-0.25, -0.2) is 4.98 Å². The van der Waals surface area contributed by atoms with Crippen LogP contribution in [0.5, 0.6) is 5.88 Å². The van der Waals surface area contributed by atoms with Crippen LogP contribution in [0.4, 0.5) is 0 Å². The van der Waals surface area contributed by atoms with Gasteiger partial charge in [-0.2, -0.15) is 5.21 Å². The lowest BCUT2D eigenvalue weighted by Gasteiger charge is -2.46. The Hall–Kier alpha value is -4.15. The molecule has 1 unspecified atom stereocenters. The summed E-state index contributed by atoms with van der Waals surface area (Å²) in [6.45, 7) is 11.4. The summed E-state index contributed by atoms with van der Waals surface area (Å²) in [6, 6.07) is 11.0. The van der Waals surface area contributed by atoms with Crippen molar-refractivity contribution in [3.63, 3.8) is 0 Å². The van der Waals surface area contributed by atoms with Crippen LogP contribution in [0.2, 0.25) is 0 Å². The molecule has 3 aromatic rings. The molecule has 44 heavy (non-hydrogen) atoms. The zero-order valence-corrected chi connectivity index (χ0v) is 26.6. The van der Waals surface area contributed by atoms with Crippen molar-refractivity contribution in [3.8, 4) is 5.88 Å². The van der Waals surface area contributed by atoms with E-state index < -0.39 is 5.66 Å². The summed E-state index contributed by atoms with van der Waals surface area (Å²) >= 11 is 0. The molecule has 11 nitrogen and oxygen atoms in total. The number of methoxy groups -OCH3 is 1. The Morgan fingerprint density at radius 3 is 2.50 bits per heavy atom. The predicted octanol–water partition coefficient (Wildman–Crippen LogP) is 5.27. The second-order valence-corrected chi connectivity index (χ2v) is 13.5. The molecule has 5 rings (SSSR count). The quantitative estimate of drug-likeness (QED) is 0.323. The summed E-state index contributed by atoms with van der Waals surface area (Å²) < 4.78 is 5.38. The minimum atomic E-state index is -0.627. The third kappa shape index (κ3) is 6.81. The smallest absolute Gasteiger partial charge is 0.275 e. The van der Waals surface area contributed by atoms with E-state index in [0.29, 0.717) is 34.8 Å². The van der Waals surface area contributed by atoms with Crippen LogP contribution in [-0.4, -0.2) is 60.8 Å². The van der Waals surface area contributed by atoms with Gasteiger partial charge in [0.15, 0.2) is 5.82 Å². The van der Waals surface area contributed by atoms with Crippen LogP contribution in [0, 0.1) is 17.3 Å². The van der Waals surface area contributed by atoms with Crippen molar-refractivity contribution >= 4 is 17.5 Å². The van der Waals surface area contributed by atoms with E-state index in [0.717, 1.165) is 49.7 Å². The molecule has 1 spiro atoms. The number of amides is 2. The number of ether oxygens (including phenoxy) is 1. The molecule has 1 fully saturated rings. The third-order valence-electron chi connectivity index (χ3n) is 9.01. The molecule has 2 aromatic heterocycles. The second-order valence-electron chi connectivity index (χ2n) is 13.5. The van der Waals surface area contributed by atoms with Crippen LogP contribution in [0.1, 0.15) is 106 Å². The van der Waals surface area contributed by atoms with E-state index in [4.69, 9.17) is 9.73 Å². The van der Waals surface area contributed by atoms with Gasteiger partial charge < -0.3 is 15.0 Å². The summed E-state index contributed by atoms with van der Waals surface area (Å²) in [7, 11) is 1.57. The van der Waals surface area contributed by atoms with Crippen molar-refractivity contribution in [1.82, 2.24) is 35.8 Å². The molecule has 0 bridgehead atoms. The highest BCUT2D eigenvalue weighted by Gasteiger charge is 2.52. The zero-order chi connectivity index (χ0) is 31.5. The molecular formula is C33H44N8O3. The lowest BCUT2D eigenvalue weighted by Crippen LogP contribution is -2.51. The molecule has 0 radical (unpaired) electrons. The number of H-pyrrole nitrogens is 1. The number of aliphatic imine (C=N–C) groups is 1. The van der Waals surface area contributed by atoms with E-state index >= 15 is 0 Å². The van der Waals surface area contributed by atoms with Crippen molar-refractivity contribution in [2.75, 3.05) is 7.11 Å². The molecule has 1 aliphatic heterocycles. The van der Waals surface area contributed by atoms with Gasteiger partial charge >= 0.3 is 0 Å². The van der Waals surface area contributed by atoms with Crippen LogP contribution in [0.3, 0.4) is 0 Å². The van der Waals surface area contributed by atoms with Crippen molar-refractivity contribution in [2.45, 2.75) is 91.4 Å². The SMILES string of the molecule is COc1cc(C2=NC3(CCC(C(C)C)CC3)N(C(CCC(C)(C)C)c3ccc(C(=O)NCc4nn[nH]n4)cc3)C2=O)ccn1. The summed E-state index contributed by atoms with van der Waals surface area (Å²) in [5.41, 5.74) is 2.14. The molecule has 2 aliphatic rings. The lowest BCUT2D eigenvalue weighted by atomic mass is 9.75. The molecule has 1 saturated carbocycles. The fourth-order valence-electron chi connectivity index (χ4n) is 6.41. The molecule has 1 aromatic carbocycles. The normalized spacial score (nSPS) is 21.1. The van der Waals surface area contributed by atoms with Gasteiger partial charge in [-0.15, -0.1) is 10.2 Å². The molecule has 234 valence electrons. The highest BCUT2D eigenvalue weighted by atomic mass is 16.5. The van der Waals surface area contributed by atoms with Crippen molar-refractivity contribution < 1.29 is 14.3 Å². The summed E-state index contributed by atoms with van der Waals surface area (Å²) in [4.78, 5) is 39.0. The first-order chi connectivity index (χ1) is 21.0. The standard InChI is InChI=1S/C33H44N8O3/c1-21(2)22-11-16-33(17-12-22)36-29(25-14-18-34-28(19-25)44-6)31(43)41(33)26(13-15-32(3,4)5)23-7-9-24(10-8-23)30(42)35-20-27-37-39-40-38-27/h7-10,14,18-19,21-22,26H,11-13,15-17,20H2,1-6H3,(H,35,42)(H,37,38,39,40). The number of aromatic nitrogens is 5. The first kappa shape index (κ1) is 31.3. The van der Waals surface area contributed by atoms with Gasteiger partial charge in [0, 0.05) is 23.4 Å². The Balaban J connectivity index is 1.49. The zero-order valence-electron chi connectivity index (χ0n) is 26.6. The molecule has 2 N–H and O–H groups in total. The second kappa shape index (κ2) is 12.8. The van der Waals surface area contributed by atoms with E-state index in [1.165, 1.54) is 0 Å². The largest absolute Gasteiger partial charge is 0.481 e. The fraction of sp³-hybridized carbons (Fsp3) is 0.545. The lowest BCUT2D eigenvalue weighted by molar-refractivity contribution is -0.133. The van der Waals surface area contributed by atoms with Crippen LogP contribution >= 0.6 is 0 Å². The molecule has 2 amide bonds. The van der Waals surface area contributed by atoms with E-state index in [-0.39, 0.29) is 29.8 Å². The number of carbonyl (C=O) groups is 2. The topological polar surface area (TPSA) is 138 Å². The van der Waals surface area contributed by atoms with E-state index in [1.807, 2.05) is 30.3 Å². The minimum Gasteiger partial charge on any atom is -0.481 e. The maximum atomic E-state index is 14.6. The number of hydrogen-bond donors (Lipinski definition) is 2. The maximum Gasteiger partial charge on any atom is 0.275 e. The predicted molar refractivity (Wildman–Crippen MR) is 167 cm³/mol. The van der Waals surface area contributed by atoms with Crippen molar-refractivity contribution in [3.05, 3.63) is 65.1 Å². The third-order valence-corrected chi connectivity index (χ3v) is 9.01. The Morgan fingerprint density at radius 2 is 1.89 bits per heavy atom. The van der Waals surface area contributed by atoms with Gasteiger partial charge in [-0.1, -0.05) is 52.0 Å². The maximum absolute atomic E-state index is 14.6. The number of benzene rings is 1. The van der Waals surface area contributed by atoms with Gasteiger partial charge in [0.25, 0.3) is 11.8 Å². The summed E-state index contributed by atoms with van der Waals surface area (Å²) in [6.07, 6.45) is 7.01. The van der Waals surface area contributed by atoms with Crippen molar-refractivity contribution in [1.29, 1.82) is 0 Å². The summed E-state index contributed by atoms with van der Waals surface area (Å²) in [5, 5.41) is 16.5. The van der Waals surface area contributed by atoms with Crippen molar-refractivity contribution in [2.24, 2.45) is 22.2 Å². The van der Waals surface area contributed by atoms with Crippen LogP contribution < -0.4 is 10.1 Å². The average Bonchev–Trinajstić information content (AvgIpc) is 3.63. The van der Waals surface area contributed by atoms with Gasteiger partial charge in [0.2, 0.25) is 5.88 Å². The van der Waals surface area contributed by atoms with Gasteiger partial charge in [-0.3, -0.25) is 14.6 Å². The average molecular weight is 601 g/mol.